The monoisotopic (exact) mass is 246 g/mol. The second-order valence-corrected chi connectivity index (χ2v) is 4.93. The third kappa shape index (κ3) is 2.53. The molecule has 2 rings (SSSR count). The number of benzene rings is 1. The highest BCUT2D eigenvalue weighted by Crippen LogP contribution is 2.23. The van der Waals surface area contributed by atoms with Gasteiger partial charge in [0.05, 0.1) is 0 Å². The van der Waals surface area contributed by atoms with E-state index < -0.39 is 0 Å². The molecule has 0 N–H and O–H groups in total. The first-order chi connectivity index (χ1) is 8.08. The zero-order valence-electron chi connectivity index (χ0n) is 10.1. The molecule has 0 unspecified atom stereocenters. The lowest BCUT2D eigenvalue weighted by molar-refractivity contribution is 0.0827. The van der Waals surface area contributed by atoms with Crippen molar-refractivity contribution >= 4 is 17.2 Å². The largest absolute Gasteiger partial charge is 0.345 e. The van der Waals surface area contributed by atoms with Crippen molar-refractivity contribution in [3.05, 3.63) is 40.9 Å². The molecule has 4 heteroatoms. The quantitative estimate of drug-likeness (QED) is 0.816. The van der Waals surface area contributed by atoms with E-state index in [1.807, 2.05) is 36.6 Å². The predicted octanol–water partition coefficient (Wildman–Crippen LogP) is 2.82. The highest BCUT2D eigenvalue weighted by Gasteiger charge is 2.08. The number of nitrogens with zero attached hydrogens (tertiary/aromatic N) is 2. The molecular weight excluding hydrogens is 232 g/mol. The molecule has 88 valence electrons. The van der Waals surface area contributed by atoms with Crippen LogP contribution in [0.3, 0.4) is 0 Å². The molecule has 1 amide bonds. The van der Waals surface area contributed by atoms with Crippen LogP contribution in [0.4, 0.5) is 0 Å². The molecule has 17 heavy (non-hydrogen) atoms. The molecule has 1 heterocycles. The van der Waals surface area contributed by atoms with E-state index in [1.165, 1.54) is 0 Å². The van der Waals surface area contributed by atoms with Crippen molar-refractivity contribution in [3.63, 3.8) is 0 Å². The fourth-order valence-corrected chi connectivity index (χ4v) is 2.30. The van der Waals surface area contributed by atoms with Crippen LogP contribution in [0.5, 0.6) is 0 Å². The zero-order valence-corrected chi connectivity index (χ0v) is 10.9. The summed E-state index contributed by atoms with van der Waals surface area (Å²) in [6.07, 6.45) is 0. The standard InChI is InChI=1S/C13H14N2OS/c1-9-8-17-12(14-9)10-4-6-11(7-5-10)13(16)15(2)3/h4-8H,1-3H3. The van der Waals surface area contributed by atoms with Gasteiger partial charge >= 0.3 is 0 Å². The summed E-state index contributed by atoms with van der Waals surface area (Å²) >= 11 is 1.62. The minimum Gasteiger partial charge on any atom is -0.345 e. The molecule has 0 aliphatic heterocycles. The van der Waals surface area contributed by atoms with Gasteiger partial charge in [0.15, 0.2) is 0 Å². The number of thiazole rings is 1. The lowest BCUT2D eigenvalue weighted by Crippen LogP contribution is -2.21. The second-order valence-electron chi connectivity index (χ2n) is 4.07. The summed E-state index contributed by atoms with van der Waals surface area (Å²) in [4.78, 5) is 17.7. The summed E-state index contributed by atoms with van der Waals surface area (Å²) in [5, 5.41) is 3.01. The first-order valence-corrected chi connectivity index (χ1v) is 6.20. The number of carbonyl (C=O) groups excluding carboxylic acids is 1. The average Bonchev–Trinajstić information content (AvgIpc) is 2.75. The Labute approximate surface area is 105 Å². The first-order valence-electron chi connectivity index (χ1n) is 5.32. The topological polar surface area (TPSA) is 33.2 Å². The van der Waals surface area contributed by atoms with Crippen LogP contribution < -0.4 is 0 Å². The van der Waals surface area contributed by atoms with E-state index in [1.54, 1.807) is 30.3 Å². The van der Waals surface area contributed by atoms with Crippen LogP contribution in [0.1, 0.15) is 16.1 Å². The Balaban J connectivity index is 2.27. The van der Waals surface area contributed by atoms with Crippen molar-refractivity contribution in [2.45, 2.75) is 6.92 Å². The van der Waals surface area contributed by atoms with Gasteiger partial charge in [-0.1, -0.05) is 12.1 Å². The normalized spacial score (nSPS) is 10.3. The number of amides is 1. The Hall–Kier alpha value is -1.68. The molecule has 0 spiro atoms. The van der Waals surface area contributed by atoms with E-state index >= 15 is 0 Å². The number of hydrogen-bond acceptors (Lipinski definition) is 3. The molecular formula is C13H14N2OS. The van der Waals surface area contributed by atoms with Gasteiger partial charge in [-0.2, -0.15) is 0 Å². The lowest BCUT2D eigenvalue weighted by Gasteiger charge is -2.10. The Kier molecular flexibility index (Phi) is 3.24. The molecule has 0 saturated heterocycles. The smallest absolute Gasteiger partial charge is 0.253 e. The number of aromatic nitrogens is 1. The fraction of sp³-hybridized carbons (Fsp3) is 0.231. The van der Waals surface area contributed by atoms with Crippen molar-refractivity contribution in [3.8, 4) is 10.6 Å². The predicted molar refractivity (Wildman–Crippen MR) is 70.3 cm³/mol. The number of hydrogen-bond donors (Lipinski definition) is 0. The summed E-state index contributed by atoms with van der Waals surface area (Å²) in [5.74, 6) is 0.0202. The van der Waals surface area contributed by atoms with Gasteiger partial charge in [0.2, 0.25) is 0 Å². The van der Waals surface area contributed by atoms with E-state index in [4.69, 9.17) is 0 Å². The van der Waals surface area contributed by atoms with Crippen LogP contribution in [-0.2, 0) is 0 Å². The Morgan fingerprint density at radius 1 is 1.24 bits per heavy atom. The van der Waals surface area contributed by atoms with Crippen LogP contribution in [0.2, 0.25) is 0 Å². The van der Waals surface area contributed by atoms with Gasteiger partial charge in [-0.05, 0) is 19.1 Å². The molecule has 0 fully saturated rings. The number of rotatable bonds is 2. The van der Waals surface area contributed by atoms with Crippen LogP contribution in [0.15, 0.2) is 29.6 Å². The van der Waals surface area contributed by atoms with Gasteiger partial charge in [0, 0.05) is 36.3 Å². The summed E-state index contributed by atoms with van der Waals surface area (Å²) in [6, 6.07) is 7.56. The highest BCUT2D eigenvalue weighted by molar-refractivity contribution is 7.13. The Morgan fingerprint density at radius 3 is 2.35 bits per heavy atom. The summed E-state index contributed by atoms with van der Waals surface area (Å²) in [5.41, 5.74) is 2.78. The SMILES string of the molecule is Cc1csc(-c2ccc(C(=O)N(C)C)cc2)n1. The van der Waals surface area contributed by atoms with E-state index in [-0.39, 0.29) is 5.91 Å². The summed E-state index contributed by atoms with van der Waals surface area (Å²) < 4.78 is 0. The molecule has 1 aromatic carbocycles. The molecule has 2 aromatic rings. The molecule has 0 radical (unpaired) electrons. The third-order valence-electron chi connectivity index (χ3n) is 2.40. The maximum absolute atomic E-state index is 11.7. The second kappa shape index (κ2) is 4.67. The Bertz CT molecular complexity index is 529. The maximum Gasteiger partial charge on any atom is 0.253 e. The zero-order chi connectivity index (χ0) is 12.4. The van der Waals surface area contributed by atoms with Crippen molar-refractivity contribution in [2.75, 3.05) is 14.1 Å². The van der Waals surface area contributed by atoms with Gasteiger partial charge in [-0.3, -0.25) is 4.79 Å². The van der Waals surface area contributed by atoms with Crippen molar-refractivity contribution in [2.24, 2.45) is 0 Å². The lowest BCUT2D eigenvalue weighted by atomic mass is 10.1. The highest BCUT2D eigenvalue weighted by atomic mass is 32.1. The van der Waals surface area contributed by atoms with E-state index in [2.05, 4.69) is 4.98 Å². The number of carbonyl (C=O) groups is 1. The van der Waals surface area contributed by atoms with E-state index in [0.29, 0.717) is 5.56 Å². The molecule has 0 atom stereocenters. The average molecular weight is 246 g/mol. The van der Waals surface area contributed by atoms with E-state index in [9.17, 15) is 4.79 Å². The molecule has 0 aliphatic carbocycles. The number of aryl methyl sites for hydroxylation is 1. The van der Waals surface area contributed by atoms with E-state index in [0.717, 1.165) is 16.3 Å². The molecule has 3 nitrogen and oxygen atoms in total. The summed E-state index contributed by atoms with van der Waals surface area (Å²) in [6.45, 7) is 1.98. The van der Waals surface area contributed by atoms with Crippen molar-refractivity contribution < 1.29 is 4.79 Å². The fourth-order valence-electron chi connectivity index (χ4n) is 1.50. The van der Waals surface area contributed by atoms with Crippen molar-refractivity contribution in [1.29, 1.82) is 0 Å². The van der Waals surface area contributed by atoms with Crippen LogP contribution in [0.25, 0.3) is 10.6 Å². The van der Waals surface area contributed by atoms with Gasteiger partial charge in [-0.15, -0.1) is 11.3 Å². The van der Waals surface area contributed by atoms with Gasteiger partial charge in [0.25, 0.3) is 5.91 Å². The minimum atomic E-state index is 0.0202. The van der Waals surface area contributed by atoms with Gasteiger partial charge in [-0.25, -0.2) is 4.98 Å². The van der Waals surface area contributed by atoms with Crippen LogP contribution in [-0.4, -0.2) is 29.9 Å². The first kappa shape index (κ1) is 11.8. The minimum absolute atomic E-state index is 0.0202. The molecule has 0 saturated carbocycles. The Morgan fingerprint density at radius 2 is 1.88 bits per heavy atom. The van der Waals surface area contributed by atoms with Crippen molar-refractivity contribution in [1.82, 2.24) is 9.88 Å². The summed E-state index contributed by atoms with van der Waals surface area (Å²) in [7, 11) is 3.50. The van der Waals surface area contributed by atoms with Crippen LogP contribution in [0, 0.1) is 6.92 Å². The van der Waals surface area contributed by atoms with Gasteiger partial charge in [0.1, 0.15) is 5.01 Å². The molecule has 0 aliphatic rings. The molecule has 1 aromatic heterocycles. The van der Waals surface area contributed by atoms with Gasteiger partial charge < -0.3 is 4.90 Å². The van der Waals surface area contributed by atoms with Crippen LogP contribution >= 0.6 is 11.3 Å². The third-order valence-corrected chi connectivity index (χ3v) is 3.41. The molecule has 0 bridgehead atoms. The maximum atomic E-state index is 11.7.